The molecule has 4 nitrogen and oxygen atoms in total. The lowest BCUT2D eigenvalue weighted by Crippen LogP contribution is -2.30. The molecule has 0 unspecified atom stereocenters. The van der Waals surface area contributed by atoms with Crippen LogP contribution in [0, 0.1) is 6.92 Å². The van der Waals surface area contributed by atoms with Crippen LogP contribution in [0.3, 0.4) is 0 Å². The molecule has 0 fully saturated rings. The van der Waals surface area contributed by atoms with E-state index in [1.54, 1.807) is 0 Å². The Morgan fingerprint density at radius 2 is 1.72 bits per heavy atom. The minimum Gasteiger partial charge on any atom is -0.357 e. The Morgan fingerprint density at radius 1 is 1.00 bits per heavy atom. The summed E-state index contributed by atoms with van der Waals surface area (Å²) in [6, 6.07) is 14.1. The standard InChI is InChI=1S/C24H29N3OS/c1-4-13-26(14-5-2)23-11-8-20(16-25-23)17-27(22-9-6-19(3)7-10-22)24(28)21-12-15-29-18-21/h6-12,15-16,18H,4-5,13-14,17H2,1-3H3. The van der Waals surface area contributed by atoms with E-state index in [1.807, 2.05) is 52.2 Å². The van der Waals surface area contributed by atoms with Crippen LogP contribution in [0.5, 0.6) is 0 Å². The Bertz CT molecular complexity index is 883. The number of hydrogen-bond acceptors (Lipinski definition) is 4. The quantitative estimate of drug-likeness (QED) is 0.441. The van der Waals surface area contributed by atoms with E-state index in [0.29, 0.717) is 6.54 Å². The molecule has 0 atom stereocenters. The van der Waals surface area contributed by atoms with Crippen LogP contribution in [0.1, 0.15) is 48.2 Å². The zero-order chi connectivity index (χ0) is 20.6. The third-order valence-corrected chi connectivity index (χ3v) is 5.50. The van der Waals surface area contributed by atoms with E-state index in [4.69, 9.17) is 0 Å². The molecule has 1 amide bonds. The van der Waals surface area contributed by atoms with Crippen LogP contribution in [0.2, 0.25) is 0 Å². The topological polar surface area (TPSA) is 36.4 Å². The molecule has 2 heterocycles. The molecular weight excluding hydrogens is 378 g/mol. The van der Waals surface area contributed by atoms with Crippen molar-refractivity contribution in [1.82, 2.24) is 4.98 Å². The van der Waals surface area contributed by atoms with Crippen molar-refractivity contribution in [1.29, 1.82) is 0 Å². The van der Waals surface area contributed by atoms with Gasteiger partial charge in [-0.3, -0.25) is 4.79 Å². The monoisotopic (exact) mass is 407 g/mol. The zero-order valence-electron chi connectivity index (χ0n) is 17.5. The highest BCUT2D eigenvalue weighted by atomic mass is 32.1. The number of thiophene rings is 1. The van der Waals surface area contributed by atoms with Gasteiger partial charge in [0.05, 0.1) is 12.1 Å². The Hall–Kier alpha value is -2.66. The zero-order valence-corrected chi connectivity index (χ0v) is 18.3. The molecule has 2 aromatic heterocycles. The average molecular weight is 408 g/mol. The summed E-state index contributed by atoms with van der Waals surface area (Å²) in [5, 5.41) is 3.84. The van der Waals surface area contributed by atoms with Gasteiger partial charge in [0.1, 0.15) is 5.82 Å². The average Bonchev–Trinajstić information content (AvgIpc) is 3.28. The molecule has 5 heteroatoms. The summed E-state index contributed by atoms with van der Waals surface area (Å²) in [4.78, 5) is 22.0. The number of carbonyl (C=O) groups excluding carboxylic acids is 1. The highest BCUT2D eigenvalue weighted by molar-refractivity contribution is 7.08. The van der Waals surface area contributed by atoms with Crippen molar-refractivity contribution < 1.29 is 4.79 Å². The van der Waals surface area contributed by atoms with Crippen LogP contribution in [0.25, 0.3) is 0 Å². The van der Waals surface area contributed by atoms with Gasteiger partial charge in [0.2, 0.25) is 0 Å². The van der Waals surface area contributed by atoms with Crippen LogP contribution in [0.4, 0.5) is 11.5 Å². The predicted octanol–water partition coefficient (Wildman–Crippen LogP) is 5.92. The fourth-order valence-electron chi connectivity index (χ4n) is 3.31. The number of aromatic nitrogens is 1. The minimum absolute atomic E-state index is 0.0118. The van der Waals surface area contributed by atoms with Gasteiger partial charge in [-0.05, 0) is 55.0 Å². The van der Waals surface area contributed by atoms with E-state index in [-0.39, 0.29) is 5.91 Å². The van der Waals surface area contributed by atoms with E-state index in [0.717, 1.165) is 48.6 Å². The number of carbonyl (C=O) groups is 1. The Labute approximate surface area is 177 Å². The van der Waals surface area contributed by atoms with Crippen LogP contribution >= 0.6 is 11.3 Å². The molecule has 29 heavy (non-hydrogen) atoms. The molecule has 0 aliphatic heterocycles. The molecule has 152 valence electrons. The highest BCUT2D eigenvalue weighted by Gasteiger charge is 2.19. The number of nitrogens with zero attached hydrogens (tertiary/aromatic N) is 3. The van der Waals surface area contributed by atoms with Crippen molar-refractivity contribution in [2.75, 3.05) is 22.9 Å². The molecule has 0 spiro atoms. The number of amides is 1. The third-order valence-electron chi connectivity index (χ3n) is 4.82. The second kappa shape index (κ2) is 10.2. The van der Waals surface area contributed by atoms with E-state index in [2.05, 4.69) is 42.8 Å². The Kier molecular flexibility index (Phi) is 7.42. The summed E-state index contributed by atoms with van der Waals surface area (Å²) in [6.45, 7) is 8.93. The van der Waals surface area contributed by atoms with Crippen molar-refractivity contribution in [3.05, 3.63) is 76.1 Å². The first-order valence-corrected chi connectivity index (χ1v) is 11.2. The summed E-state index contributed by atoms with van der Waals surface area (Å²) in [5.74, 6) is 1.02. The number of benzene rings is 1. The third kappa shape index (κ3) is 5.45. The predicted molar refractivity (Wildman–Crippen MR) is 123 cm³/mol. The maximum atomic E-state index is 13.1. The van der Waals surface area contributed by atoms with Crippen LogP contribution in [0.15, 0.2) is 59.4 Å². The molecule has 3 rings (SSSR count). The van der Waals surface area contributed by atoms with Crippen LogP contribution in [-0.2, 0) is 6.54 Å². The number of pyridine rings is 1. The number of rotatable bonds is 9. The summed E-state index contributed by atoms with van der Waals surface area (Å²) in [6.07, 6.45) is 4.09. The summed E-state index contributed by atoms with van der Waals surface area (Å²) >= 11 is 1.54. The van der Waals surface area contributed by atoms with Gasteiger partial charge in [0, 0.05) is 30.4 Å². The van der Waals surface area contributed by atoms with Crippen molar-refractivity contribution >= 4 is 28.7 Å². The van der Waals surface area contributed by atoms with E-state index < -0.39 is 0 Å². The molecule has 1 aromatic carbocycles. The fourth-order valence-corrected chi connectivity index (χ4v) is 3.94. The van der Waals surface area contributed by atoms with Gasteiger partial charge in [-0.2, -0.15) is 11.3 Å². The maximum Gasteiger partial charge on any atom is 0.259 e. The number of hydrogen-bond donors (Lipinski definition) is 0. The molecule has 0 aliphatic carbocycles. The van der Waals surface area contributed by atoms with Crippen LogP contribution in [-0.4, -0.2) is 24.0 Å². The van der Waals surface area contributed by atoms with E-state index >= 15 is 0 Å². The first-order chi connectivity index (χ1) is 14.1. The second-order valence-electron chi connectivity index (χ2n) is 7.25. The Balaban J connectivity index is 1.84. The lowest BCUT2D eigenvalue weighted by Gasteiger charge is -2.24. The van der Waals surface area contributed by atoms with Crippen molar-refractivity contribution in [3.63, 3.8) is 0 Å². The first kappa shape index (κ1) is 21.1. The first-order valence-electron chi connectivity index (χ1n) is 10.2. The SMILES string of the molecule is CCCN(CCC)c1ccc(CN(C(=O)c2ccsc2)c2ccc(C)cc2)cn1. The summed E-state index contributed by atoms with van der Waals surface area (Å²) in [7, 11) is 0. The Morgan fingerprint density at radius 3 is 2.28 bits per heavy atom. The number of aryl methyl sites for hydroxylation is 1. The summed E-state index contributed by atoms with van der Waals surface area (Å²) < 4.78 is 0. The molecule has 3 aromatic rings. The van der Waals surface area contributed by atoms with Gasteiger partial charge in [0.25, 0.3) is 5.91 Å². The fraction of sp³-hybridized carbons (Fsp3) is 0.333. The van der Waals surface area contributed by atoms with Gasteiger partial charge < -0.3 is 9.80 Å². The molecule has 0 radical (unpaired) electrons. The maximum absolute atomic E-state index is 13.1. The van der Waals surface area contributed by atoms with Crippen molar-refractivity contribution in [2.45, 2.75) is 40.2 Å². The smallest absolute Gasteiger partial charge is 0.259 e. The van der Waals surface area contributed by atoms with E-state index in [9.17, 15) is 4.79 Å². The molecule has 0 N–H and O–H groups in total. The molecule has 0 saturated heterocycles. The van der Waals surface area contributed by atoms with Gasteiger partial charge >= 0.3 is 0 Å². The normalized spacial score (nSPS) is 10.7. The van der Waals surface area contributed by atoms with Crippen molar-refractivity contribution in [3.8, 4) is 0 Å². The molecular formula is C24H29N3OS. The minimum atomic E-state index is 0.0118. The largest absolute Gasteiger partial charge is 0.357 e. The van der Waals surface area contributed by atoms with Gasteiger partial charge in [-0.25, -0.2) is 4.98 Å². The molecule has 0 bridgehead atoms. The molecule has 0 aliphatic rings. The molecule has 0 saturated carbocycles. The lowest BCUT2D eigenvalue weighted by atomic mass is 10.1. The van der Waals surface area contributed by atoms with Gasteiger partial charge in [0.15, 0.2) is 0 Å². The van der Waals surface area contributed by atoms with Crippen molar-refractivity contribution in [2.24, 2.45) is 0 Å². The van der Waals surface area contributed by atoms with Gasteiger partial charge in [-0.1, -0.05) is 37.6 Å². The van der Waals surface area contributed by atoms with Crippen LogP contribution < -0.4 is 9.80 Å². The summed E-state index contributed by atoms with van der Waals surface area (Å²) in [5.41, 5.74) is 3.81. The highest BCUT2D eigenvalue weighted by Crippen LogP contribution is 2.22. The van der Waals surface area contributed by atoms with Gasteiger partial charge in [-0.15, -0.1) is 0 Å². The second-order valence-corrected chi connectivity index (χ2v) is 8.03. The lowest BCUT2D eigenvalue weighted by molar-refractivity contribution is 0.0985. The van der Waals surface area contributed by atoms with E-state index in [1.165, 1.54) is 16.9 Å². The number of anilines is 2.